The molecule has 0 aromatic carbocycles. The summed E-state index contributed by atoms with van der Waals surface area (Å²) < 4.78 is 0. The molecule has 0 atom stereocenters. The zero-order chi connectivity index (χ0) is 9.84. The fraction of sp³-hybridized carbons (Fsp3) is 0.500. The second kappa shape index (κ2) is 4.28. The zero-order valence-corrected chi connectivity index (χ0v) is 8.54. The van der Waals surface area contributed by atoms with Gasteiger partial charge in [0.05, 0.1) is 0 Å². The number of nitrogen functional groups attached to an aromatic ring is 1. The van der Waals surface area contributed by atoms with Gasteiger partial charge in [-0.15, -0.1) is 0 Å². The Morgan fingerprint density at radius 3 is 2.54 bits per heavy atom. The summed E-state index contributed by atoms with van der Waals surface area (Å²) in [7, 11) is 0. The quantitative estimate of drug-likeness (QED) is 0.805. The molecule has 1 rings (SSSR count). The molecule has 0 aliphatic heterocycles. The minimum atomic E-state index is 0.332. The standard InChI is InChI=1S/C8H13ClN4/c1-3-13(4-2)8-6(9)7(10)11-5-12-8/h5H,3-4H2,1-2H3,(H2,10,11,12). The van der Waals surface area contributed by atoms with Crippen molar-refractivity contribution in [3.8, 4) is 0 Å². The van der Waals surface area contributed by atoms with E-state index in [0.29, 0.717) is 16.7 Å². The maximum atomic E-state index is 5.95. The fourth-order valence-corrected chi connectivity index (χ4v) is 1.33. The van der Waals surface area contributed by atoms with Gasteiger partial charge in [0, 0.05) is 13.1 Å². The highest BCUT2D eigenvalue weighted by molar-refractivity contribution is 6.35. The third kappa shape index (κ3) is 2.01. The molecule has 4 nitrogen and oxygen atoms in total. The molecule has 5 heteroatoms. The van der Waals surface area contributed by atoms with Crippen LogP contribution in [0, 0.1) is 0 Å². The van der Waals surface area contributed by atoms with E-state index in [1.165, 1.54) is 6.33 Å². The summed E-state index contributed by atoms with van der Waals surface area (Å²) in [6, 6.07) is 0. The molecule has 0 unspecified atom stereocenters. The van der Waals surface area contributed by atoms with Crippen LogP contribution in [0.4, 0.5) is 11.6 Å². The van der Waals surface area contributed by atoms with Crippen molar-refractivity contribution in [1.82, 2.24) is 9.97 Å². The summed E-state index contributed by atoms with van der Waals surface area (Å²) in [4.78, 5) is 9.91. The van der Waals surface area contributed by atoms with Crippen LogP contribution in [0.15, 0.2) is 6.33 Å². The van der Waals surface area contributed by atoms with Crippen LogP contribution in [-0.4, -0.2) is 23.1 Å². The van der Waals surface area contributed by atoms with Crippen LogP contribution < -0.4 is 10.6 Å². The van der Waals surface area contributed by atoms with Gasteiger partial charge < -0.3 is 10.6 Å². The van der Waals surface area contributed by atoms with Gasteiger partial charge >= 0.3 is 0 Å². The lowest BCUT2D eigenvalue weighted by Crippen LogP contribution is -2.23. The Hall–Kier alpha value is -1.03. The van der Waals surface area contributed by atoms with Crippen LogP contribution in [0.2, 0.25) is 5.02 Å². The molecule has 1 aromatic rings. The van der Waals surface area contributed by atoms with E-state index in [9.17, 15) is 0 Å². The lowest BCUT2D eigenvalue weighted by Gasteiger charge is -2.20. The molecular formula is C8H13ClN4. The Kier molecular flexibility index (Phi) is 3.31. The van der Waals surface area contributed by atoms with Crippen molar-refractivity contribution in [3.05, 3.63) is 11.3 Å². The number of aromatic nitrogens is 2. The van der Waals surface area contributed by atoms with Crippen molar-refractivity contribution in [3.63, 3.8) is 0 Å². The minimum Gasteiger partial charge on any atom is -0.382 e. The van der Waals surface area contributed by atoms with E-state index in [1.807, 2.05) is 18.7 Å². The second-order valence-corrected chi connectivity index (χ2v) is 2.95. The number of hydrogen-bond donors (Lipinski definition) is 1. The van der Waals surface area contributed by atoms with Crippen LogP contribution in [0.5, 0.6) is 0 Å². The van der Waals surface area contributed by atoms with Crippen LogP contribution in [-0.2, 0) is 0 Å². The van der Waals surface area contributed by atoms with E-state index in [-0.39, 0.29) is 0 Å². The number of nitrogens with two attached hydrogens (primary N) is 1. The maximum Gasteiger partial charge on any atom is 0.153 e. The van der Waals surface area contributed by atoms with Crippen molar-refractivity contribution >= 4 is 23.2 Å². The van der Waals surface area contributed by atoms with E-state index >= 15 is 0 Å². The Bertz CT molecular complexity index is 285. The summed E-state index contributed by atoms with van der Waals surface area (Å²) >= 11 is 5.95. The predicted molar refractivity (Wildman–Crippen MR) is 55.0 cm³/mol. The van der Waals surface area contributed by atoms with Gasteiger partial charge in [-0.25, -0.2) is 9.97 Å². The van der Waals surface area contributed by atoms with E-state index in [1.54, 1.807) is 0 Å². The number of nitrogens with zero attached hydrogens (tertiary/aromatic N) is 3. The Balaban J connectivity index is 3.05. The number of hydrogen-bond acceptors (Lipinski definition) is 4. The molecule has 0 saturated carbocycles. The fourth-order valence-electron chi connectivity index (χ4n) is 1.12. The Morgan fingerprint density at radius 2 is 2.00 bits per heavy atom. The third-order valence-electron chi connectivity index (χ3n) is 1.86. The average Bonchev–Trinajstić information content (AvgIpc) is 2.14. The normalized spacial score (nSPS) is 10.1. The summed E-state index contributed by atoms with van der Waals surface area (Å²) in [5.74, 6) is 1.04. The molecule has 13 heavy (non-hydrogen) atoms. The first-order valence-electron chi connectivity index (χ1n) is 4.21. The monoisotopic (exact) mass is 200 g/mol. The number of halogens is 1. The molecular weight excluding hydrogens is 188 g/mol. The van der Waals surface area contributed by atoms with Gasteiger partial charge in [0.15, 0.2) is 5.82 Å². The molecule has 1 heterocycles. The number of anilines is 2. The Morgan fingerprint density at radius 1 is 1.38 bits per heavy atom. The van der Waals surface area contributed by atoms with Crippen LogP contribution in [0.25, 0.3) is 0 Å². The van der Waals surface area contributed by atoms with Crippen LogP contribution in [0.1, 0.15) is 13.8 Å². The molecule has 0 aliphatic rings. The second-order valence-electron chi connectivity index (χ2n) is 2.57. The van der Waals surface area contributed by atoms with Gasteiger partial charge in [0.25, 0.3) is 0 Å². The first-order valence-corrected chi connectivity index (χ1v) is 4.59. The minimum absolute atomic E-state index is 0.332. The molecule has 0 fully saturated rings. The summed E-state index contributed by atoms with van der Waals surface area (Å²) in [6.45, 7) is 5.79. The predicted octanol–water partition coefficient (Wildman–Crippen LogP) is 1.56. The van der Waals surface area contributed by atoms with Crippen LogP contribution in [0.3, 0.4) is 0 Å². The summed E-state index contributed by atoms with van der Waals surface area (Å²) in [5, 5.41) is 0.436. The van der Waals surface area contributed by atoms with Crippen molar-refractivity contribution in [2.24, 2.45) is 0 Å². The first-order chi connectivity index (χ1) is 6.20. The first kappa shape index (κ1) is 10.1. The SMILES string of the molecule is CCN(CC)c1ncnc(N)c1Cl. The Labute approximate surface area is 82.7 Å². The maximum absolute atomic E-state index is 5.95. The van der Waals surface area contributed by atoms with Gasteiger partial charge in [0.2, 0.25) is 0 Å². The van der Waals surface area contributed by atoms with E-state index in [0.717, 1.165) is 13.1 Å². The van der Waals surface area contributed by atoms with Crippen molar-refractivity contribution in [2.75, 3.05) is 23.7 Å². The molecule has 1 aromatic heterocycles. The lowest BCUT2D eigenvalue weighted by atomic mass is 10.4. The smallest absolute Gasteiger partial charge is 0.153 e. The molecule has 2 N–H and O–H groups in total. The topological polar surface area (TPSA) is 55.0 Å². The van der Waals surface area contributed by atoms with Crippen molar-refractivity contribution in [1.29, 1.82) is 0 Å². The van der Waals surface area contributed by atoms with Crippen molar-refractivity contribution in [2.45, 2.75) is 13.8 Å². The molecule has 0 aliphatic carbocycles. The highest BCUT2D eigenvalue weighted by atomic mass is 35.5. The van der Waals surface area contributed by atoms with E-state index in [4.69, 9.17) is 17.3 Å². The average molecular weight is 201 g/mol. The highest BCUT2D eigenvalue weighted by Crippen LogP contribution is 2.26. The van der Waals surface area contributed by atoms with Crippen molar-refractivity contribution < 1.29 is 0 Å². The summed E-state index contributed by atoms with van der Waals surface area (Å²) in [5.41, 5.74) is 5.56. The largest absolute Gasteiger partial charge is 0.382 e. The molecule has 0 saturated heterocycles. The zero-order valence-electron chi connectivity index (χ0n) is 7.79. The molecule has 0 bridgehead atoms. The van der Waals surface area contributed by atoms with Gasteiger partial charge in [0.1, 0.15) is 17.2 Å². The molecule has 0 amide bonds. The molecule has 0 spiro atoms. The van der Waals surface area contributed by atoms with Gasteiger partial charge in [-0.05, 0) is 13.8 Å². The highest BCUT2D eigenvalue weighted by Gasteiger charge is 2.10. The lowest BCUT2D eigenvalue weighted by molar-refractivity contribution is 0.842. The van der Waals surface area contributed by atoms with Gasteiger partial charge in [-0.3, -0.25) is 0 Å². The summed E-state index contributed by atoms with van der Waals surface area (Å²) in [6.07, 6.45) is 1.43. The molecule has 72 valence electrons. The van der Waals surface area contributed by atoms with Gasteiger partial charge in [-0.1, -0.05) is 11.6 Å². The number of rotatable bonds is 3. The van der Waals surface area contributed by atoms with Gasteiger partial charge in [-0.2, -0.15) is 0 Å². The van der Waals surface area contributed by atoms with E-state index in [2.05, 4.69) is 9.97 Å². The third-order valence-corrected chi connectivity index (χ3v) is 2.22. The van der Waals surface area contributed by atoms with E-state index < -0.39 is 0 Å². The van der Waals surface area contributed by atoms with Crippen LogP contribution >= 0.6 is 11.6 Å². The molecule has 0 radical (unpaired) electrons.